The predicted molar refractivity (Wildman–Crippen MR) is 91.1 cm³/mol. The molecule has 0 bridgehead atoms. The summed E-state index contributed by atoms with van der Waals surface area (Å²) >= 11 is 0. The molecule has 0 fully saturated rings. The van der Waals surface area contributed by atoms with E-state index in [1.54, 1.807) is 36.4 Å². The van der Waals surface area contributed by atoms with Crippen molar-refractivity contribution in [2.45, 2.75) is 19.9 Å². The number of anilines is 3. The summed E-state index contributed by atoms with van der Waals surface area (Å²) in [4.78, 5) is 25.2. The zero-order chi connectivity index (χ0) is 16.4. The molecule has 3 heterocycles. The molecule has 2 N–H and O–H groups in total. The summed E-state index contributed by atoms with van der Waals surface area (Å²) in [6.45, 7) is 4.01. The van der Waals surface area contributed by atoms with Crippen molar-refractivity contribution in [2.24, 2.45) is 7.05 Å². The molecule has 0 saturated heterocycles. The predicted octanol–water partition coefficient (Wildman–Crippen LogP) is 2.29. The standard InChI is InChI=1S/C16H18N6O/c1-10(2)19-15-14-11(4-7-22(3)16(14)23)8-12(21-15)20-13-9-17-5-6-18-13/h4-10H,1-3H3,(H2,18,19,20,21). The van der Waals surface area contributed by atoms with E-state index < -0.39 is 0 Å². The van der Waals surface area contributed by atoms with Crippen molar-refractivity contribution in [2.75, 3.05) is 10.6 Å². The minimum atomic E-state index is -0.0794. The first kappa shape index (κ1) is 15.0. The Bertz CT molecular complexity index is 888. The Morgan fingerprint density at radius 3 is 2.74 bits per heavy atom. The third kappa shape index (κ3) is 3.13. The Kier molecular flexibility index (Phi) is 3.92. The van der Waals surface area contributed by atoms with Crippen molar-refractivity contribution in [1.29, 1.82) is 0 Å². The highest BCUT2D eigenvalue weighted by atomic mass is 16.1. The average molecular weight is 310 g/mol. The maximum Gasteiger partial charge on any atom is 0.261 e. The normalized spacial score (nSPS) is 11.0. The van der Waals surface area contributed by atoms with Crippen molar-refractivity contribution in [3.8, 4) is 0 Å². The van der Waals surface area contributed by atoms with Crippen LogP contribution in [0.1, 0.15) is 13.8 Å². The summed E-state index contributed by atoms with van der Waals surface area (Å²) in [5.41, 5.74) is -0.0794. The highest BCUT2D eigenvalue weighted by Gasteiger charge is 2.12. The Morgan fingerprint density at radius 2 is 2.04 bits per heavy atom. The smallest absolute Gasteiger partial charge is 0.261 e. The number of aryl methyl sites for hydroxylation is 1. The summed E-state index contributed by atoms with van der Waals surface area (Å²) in [7, 11) is 1.73. The Morgan fingerprint density at radius 1 is 1.22 bits per heavy atom. The fourth-order valence-electron chi connectivity index (χ4n) is 2.29. The first-order chi connectivity index (χ1) is 11.0. The molecule has 3 rings (SSSR count). The van der Waals surface area contributed by atoms with Crippen molar-refractivity contribution in [1.82, 2.24) is 19.5 Å². The second-order valence-electron chi connectivity index (χ2n) is 5.57. The van der Waals surface area contributed by atoms with E-state index in [9.17, 15) is 4.79 Å². The van der Waals surface area contributed by atoms with Gasteiger partial charge in [0.1, 0.15) is 17.5 Å². The quantitative estimate of drug-likeness (QED) is 0.769. The summed E-state index contributed by atoms with van der Waals surface area (Å²) in [6.07, 6.45) is 6.57. The molecule has 0 saturated carbocycles. The van der Waals surface area contributed by atoms with Gasteiger partial charge in [-0.25, -0.2) is 9.97 Å². The minimum Gasteiger partial charge on any atom is -0.367 e. The van der Waals surface area contributed by atoms with Crippen LogP contribution in [0.15, 0.2) is 41.7 Å². The third-order valence-electron chi connectivity index (χ3n) is 3.31. The van der Waals surface area contributed by atoms with Crippen molar-refractivity contribution in [3.63, 3.8) is 0 Å². The largest absolute Gasteiger partial charge is 0.367 e. The summed E-state index contributed by atoms with van der Waals surface area (Å²) in [5.74, 6) is 1.76. The zero-order valence-corrected chi connectivity index (χ0v) is 13.2. The monoisotopic (exact) mass is 310 g/mol. The van der Waals surface area contributed by atoms with Crippen LogP contribution >= 0.6 is 0 Å². The van der Waals surface area contributed by atoms with Crippen LogP contribution in [0.4, 0.5) is 17.5 Å². The number of fused-ring (bicyclic) bond motifs is 1. The summed E-state index contributed by atoms with van der Waals surface area (Å²) in [5, 5.41) is 7.75. The second-order valence-corrected chi connectivity index (χ2v) is 5.57. The molecule has 0 unspecified atom stereocenters. The van der Waals surface area contributed by atoms with Gasteiger partial charge in [-0.3, -0.25) is 9.78 Å². The van der Waals surface area contributed by atoms with Gasteiger partial charge in [0.15, 0.2) is 0 Å². The van der Waals surface area contributed by atoms with Gasteiger partial charge in [0, 0.05) is 31.7 Å². The molecule has 3 aromatic heterocycles. The van der Waals surface area contributed by atoms with E-state index in [-0.39, 0.29) is 11.6 Å². The lowest BCUT2D eigenvalue weighted by atomic mass is 10.2. The number of nitrogens with zero attached hydrogens (tertiary/aromatic N) is 4. The molecule has 0 radical (unpaired) electrons. The molecule has 0 aliphatic rings. The molecule has 0 atom stereocenters. The third-order valence-corrected chi connectivity index (χ3v) is 3.31. The number of hydrogen-bond donors (Lipinski definition) is 2. The molecular formula is C16H18N6O. The van der Waals surface area contributed by atoms with Gasteiger partial charge in [-0.2, -0.15) is 0 Å². The van der Waals surface area contributed by atoms with Crippen LogP contribution < -0.4 is 16.2 Å². The van der Waals surface area contributed by atoms with E-state index in [0.717, 1.165) is 5.39 Å². The minimum absolute atomic E-state index is 0.0794. The lowest BCUT2D eigenvalue weighted by Gasteiger charge is -2.14. The first-order valence-electron chi connectivity index (χ1n) is 7.34. The van der Waals surface area contributed by atoms with E-state index in [2.05, 4.69) is 25.6 Å². The zero-order valence-electron chi connectivity index (χ0n) is 13.2. The van der Waals surface area contributed by atoms with Gasteiger partial charge >= 0.3 is 0 Å². The fraction of sp³-hybridized carbons (Fsp3) is 0.250. The van der Waals surface area contributed by atoms with Crippen LogP contribution in [0.5, 0.6) is 0 Å². The van der Waals surface area contributed by atoms with Gasteiger partial charge in [0.05, 0.1) is 11.6 Å². The molecule has 0 amide bonds. The molecule has 0 aliphatic heterocycles. The number of nitrogens with one attached hydrogen (secondary N) is 2. The lowest BCUT2D eigenvalue weighted by molar-refractivity contribution is 0.866. The average Bonchev–Trinajstić information content (AvgIpc) is 2.51. The van der Waals surface area contributed by atoms with Crippen LogP contribution in [0.2, 0.25) is 0 Å². The number of hydrogen-bond acceptors (Lipinski definition) is 6. The molecule has 0 spiro atoms. The van der Waals surface area contributed by atoms with E-state index in [1.807, 2.05) is 26.0 Å². The number of rotatable bonds is 4. The Hall–Kier alpha value is -2.96. The van der Waals surface area contributed by atoms with Gasteiger partial charge in [-0.15, -0.1) is 0 Å². The maximum absolute atomic E-state index is 12.4. The number of aromatic nitrogens is 4. The first-order valence-corrected chi connectivity index (χ1v) is 7.34. The fourth-order valence-corrected chi connectivity index (χ4v) is 2.29. The highest BCUT2D eigenvalue weighted by Crippen LogP contribution is 2.24. The number of pyridine rings is 2. The molecular weight excluding hydrogens is 292 g/mol. The van der Waals surface area contributed by atoms with Gasteiger partial charge in [0.2, 0.25) is 0 Å². The summed E-state index contributed by atoms with van der Waals surface area (Å²) < 4.78 is 1.55. The van der Waals surface area contributed by atoms with Gasteiger partial charge in [-0.1, -0.05) is 0 Å². The lowest BCUT2D eigenvalue weighted by Crippen LogP contribution is -2.20. The van der Waals surface area contributed by atoms with Crippen molar-refractivity contribution in [3.05, 3.63) is 47.3 Å². The molecule has 7 nitrogen and oxygen atoms in total. The van der Waals surface area contributed by atoms with Crippen molar-refractivity contribution < 1.29 is 0 Å². The van der Waals surface area contributed by atoms with E-state index >= 15 is 0 Å². The summed E-state index contributed by atoms with van der Waals surface area (Å²) in [6, 6.07) is 3.88. The van der Waals surface area contributed by atoms with Crippen LogP contribution in [-0.4, -0.2) is 25.6 Å². The topological polar surface area (TPSA) is 84.7 Å². The second kappa shape index (κ2) is 6.04. The Labute approximate surface area is 133 Å². The maximum atomic E-state index is 12.4. The Balaban J connectivity index is 2.14. The van der Waals surface area contributed by atoms with Gasteiger partial charge < -0.3 is 15.2 Å². The van der Waals surface area contributed by atoms with Gasteiger partial charge in [-0.05, 0) is 31.4 Å². The van der Waals surface area contributed by atoms with E-state index in [1.165, 1.54) is 0 Å². The SMILES string of the molecule is CC(C)Nc1nc(Nc2cnccn2)cc2ccn(C)c(=O)c12. The molecule has 3 aromatic rings. The van der Waals surface area contributed by atoms with E-state index in [0.29, 0.717) is 22.8 Å². The molecule has 0 aromatic carbocycles. The van der Waals surface area contributed by atoms with E-state index in [4.69, 9.17) is 0 Å². The molecule has 0 aliphatic carbocycles. The van der Waals surface area contributed by atoms with Crippen LogP contribution in [0, 0.1) is 0 Å². The van der Waals surface area contributed by atoms with Gasteiger partial charge in [0.25, 0.3) is 5.56 Å². The van der Waals surface area contributed by atoms with Crippen LogP contribution in [0.25, 0.3) is 10.8 Å². The highest BCUT2D eigenvalue weighted by molar-refractivity contribution is 5.93. The van der Waals surface area contributed by atoms with Crippen molar-refractivity contribution >= 4 is 28.2 Å². The molecule has 23 heavy (non-hydrogen) atoms. The molecule has 7 heteroatoms. The van der Waals surface area contributed by atoms with Crippen LogP contribution in [0.3, 0.4) is 0 Å². The molecule has 118 valence electrons. The van der Waals surface area contributed by atoms with Crippen LogP contribution in [-0.2, 0) is 7.05 Å².